The summed E-state index contributed by atoms with van der Waals surface area (Å²) in [7, 11) is 0. The van der Waals surface area contributed by atoms with Crippen LogP contribution in [0.4, 0.5) is 0 Å². The van der Waals surface area contributed by atoms with Gasteiger partial charge in [0.1, 0.15) is 5.69 Å². The molecule has 1 amide bonds. The maximum atomic E-state index is 12.0. The van der Waals surface area contributed by atoms with Gasteiger partial charge in [-0.3, -0.25) is 4.79 Å². The van der Waals surface area contributed by atoms with Crippen molar-refractivity contribution in [2.45, 2.75) is 39.2 Å². The minimum absolute atomic E-state index is 0.00185. The number of rotatable bonds is 2. The molecule has 2 rings (SSSR count). The summed E-state index contributed by atoms with van der Waals surface area (Å²) < 4.78 is 0.910. The molecule has 17 heavy (non-hydrogen) atoms. The fourth-order valence-corrected chi connectivity index (χ4v) is 3.17. The first kappa shape index (κ1) is 12.7. The molecule has 0 aliphatic heterocycles. The quantitative estimate of drug-likeness (QED) is 0.864. The predicted molar refractivity (Wildman–Crippen MR) is 71.9 cm³/mol. The molecular formula is C13H19BrN2O. The minimum Gasteiger partial charge on any atom is -0.356 e. The summed E-state index contributed by atoms with van der Waals surface area (Å²) in [5.74, 6) is 1.42. The Morgan fingerprint density at radius 1 is 1.35 bits per heavy atom. The topological polar surface area (TPSA) is 44.9 Å². The summed E-state index contributed by atoms with van der Waals surface area (Å²) in [6, 6.07) is 2.13. The number of hydrogen-bond donors (Lipinski definition) is 2. The van der Waals surface area contributed by atoms with E-state index in [0.717, 1.165) is 17.3 Å². The van der Waals surface area contributed by atoms with E-state index in [1.807, 2.05) is 6.07 Å². The van der Waals surface area contributed by atoms with Gasteiger partial charge in [0.25, 0.3) is 5.91 Å². The molecule has 0 saturated heterocycles. The molecule has 0 spiro atoms. The van der Waals surface area contributed by atoms with Gasteiger partial charge in [-0.1, -0.05) is 13.8 Å². The molecule has 0 aromatic carbocycles. The monoisotopic (exact) mass is 298 g/mol. The van der Waals surface area contributed by atoms with Gasteiger partial charge in [-0.05, 0) is 53.1 Å². The second kappa shape index (κ2) is 5.25. The van der Waals surface area contributed by atoms with E-state index in [1.54, 1.807) is 6.20 Å². The summed E-state index contributed by atoms with van der Waals surface area (Å²) in [4.78, 5) is 14.9. The van der Waals surface area contributed by atoms with Crippen LogP contribution in [-0.2, 0) is 0 Å². The fraction of sp³-hybridized carbons (Fsp3) is 0.615. The molecule has 2 N–H and O–H groups in total. The molecular weight excluding hydrogens is 280 g/mol. The van der Waals surface area contributed by atoms with Crippen molar-refractivity contribution in [3.63, 3.8) is 0 Å². The number of amides is 1. The molecule has 1 saturated carbocycles. The second-order valence-electron chi connectivity index (χ2n) is 5.32. The lowest BCUT2D eigenvalue weighted by molar-refractivity contribution is 0.0906. The van der Waals surface area contributed by atoms with Crippen molar-refractivity contribution in [3.8, 4) is 0 Å². The van der Waals surface area contributed by atoms with Gasteiger partial charge in [-0.15, -0.1) is 0 Å². The molecule has 0 radical (unpaired) electrons. The molecule has 1 aliphatic rings. The standard InChI is InChI=1S/C13H19BrN2O/c1-8-3-9(2)5-11(4-8)16-13(17)12-6-10(14)7-15-12/h6-9,11,15H,3-5H2,1-2H3,(H,16,17). The largest absolute Gasteiger partial charge is 0.356 e. The van der Waals surface area contributed by atoms with Crippen molar-refractivity contribution in [3.05, 3.63) is 22.4 Å². The van der Waals surface area contributed by atoms with E-state index < -0.39 is 0 Å². The number of carbonyl (C=O) groups is 1. The zero-order valence-electron chi connectivity index (χ0n) is 10.3. The highest BCUT2D eigenvalue weighted by Gasteiger charge is 2.25. The number of H-pyrrole nitrogens is 1. The number of halogens is 1. The zero-order valence-corrected chi connectivity index (χ0v) is 11.9. The molecule has 2 atom stereocenters. The molecule has 0 bridgehead atoms. The highest BCUT2D eigenvalue weighted by Crippen LogP contribution is 2.28. The van der Waals surface area contributed by atoms with Crippen molar-refractivity contribution >= 4 is 21.8 Å². The molecule has 1 heterocycles. The highest BCUT2D eigenvalue weighted by atomic mass is 79.9. The molecule has 1 fully saturated rings. The lowest BCUT2D eigenvalue weighted by Gasteiger charge is -2.31. The summed E-state index contributed by atoms with van der Waals surface area (Å²) in [6.07, 6.45) is 5.25. The van der Waals surface area contributed by atoms with Gasteiger partial charge in [0.05, 0.1) is 0 Å². The average molecular weight is 299 g/mol. The van der Waals surface area contributed by atoms with Gasteiger partial charge in [0.2, 0.25) is 0 Å². The first-order chi connectivity index (χ1) is 8.04. The first-order valence-corrected chi connectivity index (χ1v) is 6.98. The molecule has 4 heteroatoms. The molecule has 2 unspecified atom stereocenters. The summed E-state index contributed by atoms with van der Waals surface area (Å²) in [6.45, 7) is 4.53. The number of nitrogens with one attached hydrogen (secondary N) is 2. The SMILES string of the molecule is CC1CC(C)CC(NC(=O)c2cc(Br)c[nH]2)C1. The van der Waals surface area contributed by atoms with Gasteiger partial charge < -0.3 is 10.3 Å². The van der Waals surface area contributed by atoms with Crippen LogP contribution in [0.1, 0.15) is 43.6 Å². The summed E-state index contributed by atoms with van der Waals surface area (Å²) in [5.41, 5.74) is 0.628. The number of aromatic amines is 1. The van der Waals surface area contributed by atoms with Crippen molar-refractivity contribution in [1.82, 2.24) is 10.3 Å². The summed E-state index contributed by atoms with van der Waals surface area (Å²) in [5, 5.41) is 3.12. The molecule has 3 nitrogen and oxygen atoms in total. The van der Waals surface area contributed by atoms with E-state index in [1.165, 1.54) is 6.42 Å². The summed E-state index contributed by atoms with van der Waals surface area (Å²) >= 11 is 3.33. The lowest BCUT2D eigenvalue weighted by Crippen LogP contribution is -2.40. The predicted octanol–water partition coefficient (Wildman–Crippen LogP) is 3.33. The Bertz CT molecular complexity index is 392. The van der Waals surface area contributed by atoms with E-state index >= 15 is 0 Å². The van der Waals surface area contributed by atoms with Crippen LogP contribution in [0, 0.1) is 11.8 Å². The van der Waals surface area contributed by atoms with Crippen LogP contribution in [-0.4, -0.2) is 16.9 Å². The van der Waals surface area contributed by atoms with Crippen LogP contribution < -0.4 is 5.32 Å². The number of hydrogen-bond acceptors (Lipinski definition) is 1. The second-order valence-corrected chi connectivity index (χ2v) is 6.24. The minimum atomic E-state index is 0.00185. The Morgan fingerprint density at radius 2 is 2.00 bits per heavy atom. The van der Waals surface area contributed by atoms with Crippen molar-refractivity contribution in [2.75, 3.05) is 0 Å². The van der Waals surface area contributed by atoms with Crippen LogP contribution in [0.25, 0.3) is 0 Å². The molecule has 1 aliphatic carbocycles. The van der Waals surface area contributed by atoms with Crippen LogP contribution in [0.5, 0.6) is 0 Å². The van der Waals surface area contributed by atoms with Gasteiger partial charge in [0, 0.05) is 16.7 Å². The Labute approximate surface area is 110 Å². The smallest absolute Gasteiger partial charge is 0.267 e. The maximum Gasteiger partial charge on any atom is 0.267 e. The van der Waals surface area contributed by atoms with Gasteiger partial charge in [-0.25, -0.2) is 0 Å². The maximum absolute atomic E-state index is 12.0. The molecule has 1 aromatic heterocycles. The fourth-order valence-electron chi connectivity index (χ4n) is 2.83. The van der Waals surface area contributed by atoms with Crippen molar-refractivity contribution in [1.29, 1.82) is 0 Å². The van der Waals surface area contributed by atoms with E-state index in [9.17, 15) is 4.79 Å². The van der Waals surface area contributed by atoms with Crippen molar-refractivity contribution in [2.24, 2.45) is 11.8 Å². The average Bonchev–Trinajstić information content (AvgIpc) is 2.63. The van der Waals surface area contributed by atoms with Gasteiger partial charge in [-0.2, -0.15) is 0 Å². The van der Waals surface area contributed by atoms with Crippen LogP contribution in [0.2, 0.25) is 0 Å². The van der Waals surface area contributed by atoms with E-state index in [2.05, 4.69) is 40.1 Å². The number of aromatic nitrogens is 1. The lowest BCUT2D eigenvalue weighted by atomic mass is 9.80. The van der Waals surface area contributed by atoms with E-state index in [-0.39, 0.29) is 5.91 Å². The number of carbonyl (C=O) groups excluding carboxylic acids is 1. The normalized spacial score (nSPS) is 29.0. The zero-order chi connectivity index (χ0) is 12.4. The molecule has 94 valence electrons. The third kappa shape index (κ3) is 3.35. The van der Waals surface area contributed by atoms with E-state index in [4.69, 9.17) is 0 Å². The Kier molecular flexibility index (Phi) is 3.92. The van der Waals surface area contributed by atoms with Crippen LogP contribution in [0.3, 0.4) is 0 Å². The molecule has 1 aromatic rings. The van der Waals surface area contributed by atoms with Gasteiger partial charge >= 0.3 is 0 Å². The van der Waals surface area contributed by atoms with E-state index in [0.29, 0.717) is 23.6 Å². The Balaban J connectivity index is 1.94. The van der Waals surface area contributed by atoms with Crippen LogP contribution >= 0.6 is 15.9 Å². The highest BCUT2D eigenvalue weighted by molar-refractivity contribution is 9.10. The van der Waals surface area contributed by atoms with Crippen LogP contribution in [0.15, 0.2) is 16.7 Å². The van der Waals surface area contributed by atoms with Gasteiger partial charge in [0.15, 0.2) is 0 Å². The Hall–Kier alpha value is -0.770. The third-order valence-electron chi connectivity index (χ3n) is 3.41. The third-order valence-corrected chi connectivity index (χ3v) is 3.86. The first-order valence-electron chi connectivity index (χ1n) is 6.19. The Morgan fingerprint density at radius 3 is 2.53 bits per heavy atom. The van der Waals surface area contributed by atoms with Crippen molar-refractivity contribution < 1.29 is 4.79 Å².